The van der Waals surface area contributed by atoms with Crippen molar-refractivity contribution in [2.75, 3.05) is 13.1 Å². The zero-order valence-electron chi connectivity index (χ0n) is 17.3. The zero-order chi connectivity index (χ0) is 20.3. The lowest BCUT2D eigenvalue weighted by atomic mass is 9.86. The highest BCUT2D eigenvalue weighted by Gasteiger charge is 2.19. The van der Waals surface area contributed by atoms with Crippen LogP contribution in [0.25, 0.3) is 5.57 Å². The average molecular weight is 381 g/mol. The van der Waals surface area contributed by atoms with Crippen molar-refractivity contribution >= 4 is 11.5 Å². The Morgan fingerprint density at radius 3 is 2.43 bits per heavy atom. The number of likely N-dealkylation sites (tertiary alicyclic amines) is 1. The summed E-state index contributed by atoms with van der Waals surface area (Å²) >= 11 is 0. The Balaban J connectivity index is 0.00000300. The van der Waals surface area contributed by atoms with Crippen LogP contribution in [0, 0.1) is 6.92 Å². The van der Waals surface area contributed by atoms with Crippen molar-refractivity contribution in [1.29, 1.82) is 0 Å². The maximum Gasteiger partial charge on any atom is 0.251 e. The SMILES string of the molecule is Cc1ccc(/C(=C/CCN2CCCC2=O)c2ccc(C(C)(C)C)cc2)[nH]c1=O.[HH]. The number of carbonyl (C=O) groups is 1. The molecule has 0 bridgehead atoms. The number of rotatable bonds is 5. The Morgan fingerprint density at radius 2 is 1.86 bits per heavy atom. The molecule has 0 radical (unpaired) electrons. The summed E-state index contributed by atoms with van der Waals surface area (Å²) in [6.45, 7) is 9.97. The van der Waals surface area contributed by atoms with Gasteiger partial charge in [-0.05, 0) is 42.4 Å². The van der Waals surface area contributed by atoms with Gasteiger partial charge in [-0.2, -0.15) is 0 Å². The molecule has 1 aromatic heterocycles. The number of aryl methyl sites for hydroxylation is 1. The average Bonchev–Trinajstić information content (AvgIpc) is 3.06. The Kier molecular flexibility index (Phi) is 5.87. The molecule has 1 N–H and O–H groups in total. The topological polar surface area (TPSA) is 53.2 Å². The van der Waals surface area contributed by atoms with Gasteiger partial charge >= 0.3 is 0 Å². The van der Waals surface area contributed by atoms with E-state index in [0.29, 0.717) is 12.0 Å². The van der Waals surface area contributed by atoms with E-state index in [4.69, 9.17) is 0 Å². The molecule has 0 aliphatic carbocycles. The zero-order valence-corrected chi connectivity index (χ0v) is 17.3. The van der Waals surface area contributed by atoms with Gasteiger partial charge in [-0.15, -0.1) is 0 Å². The minimum absolute atomic E-state index is 0. The lowest BCUT2D eigenvalue weighted by Gasteiger charge is -2.20. The van der Waals surface area contributed by atoms with E-state index in [1.165, 1.54) is 5.56 Å². The second-order valence-electron chi connectivity index (χ2n) is 8.60. The molecule has 2 aromatic rings. The molecule has 1 amide bonds. The van der Waals surface area contributed by atoms with Gasteiger partial charge in [-0.3, -0.25) is 9.59 Å². The Bertz CT molecular complexity index is 937. The third-order valence-electron chi connectivity index (χ3n) is 5.38. The van der Waals surface area contributed by atoms with Crippen LogP contribution in [0.15, 0.2) is 47.3 Å². The number of benzene rings is 1. The number of hydrogen-bond donors (Lipinski definition) is 1. The van der Waals surface area contributed by atoms with Gasteiger partial charge in [0.1, 0.15) is 0 Å². The number of pyridine rings is 1. The van der Waals surface area contributed by atoms with E-state index in [1.807, 2.05) is 24.0 Å². The first kappa shape index (κ1) is 20.1. The minimum atomic E-state index is -0.0653. The minimum Gasteiger partial charge on any atom is -0.342 e. The van der Waals surface area contributed by atoms with Gasteiger partial charge in [-0.1, -0.05) is 57.2 Å². The van der Waals surface area contributed by atoms with E-state index in [9.17, 15) is 9.59 Å². The van der Waals surface area contributed by atoms with Crippen LogP contribution in [0.4, 0.5) is 0 Å². The van der Waals surface area contributed by atoms with Crippen LogP contribution in [-0.4, -0.2) is 28.9 Å². The van der Waals surface area contributed by atoms with Crippen molar-refractivity contribution in [2.24, 2.45) is 0 Å². The molecule has 4 heteroatoms. The van der Waals surface area contributed by atoms with Gasteiger partial charge in [0.05, 0.1) is 0 Å². The molecule has 1 saturated heterocycles. The van der Waals surface area contributed by atoms with E-state index in [-0.39, 0.29) is 18.3 Å². The smallest absolute Gasteiger partial charge is 0.251 e. The van der Waals surface area contributed by atoms with Crippen LogP contribution in [-0.2, 0) is 10.2 Å². The molecule has 1 aliphatic rings. The normalized spacial score (nSPS) is 15.4. The molecule has 150 valence electrons. The number of hydrogen-bond acceptors (Lipinski definition) is 2. The second kappa shape index (κ2) is 8.17. The summed E-state index contributed by atoms with van der Waals surface area (Å²) in [5, 5.41) is 0. The van der Waals surface area contributed by atoms with E-state index in [2.05, 4.69) is 56.1 Å². The summed E-state index contributed by atoms with van der Waals surface area (Å²) in [5.41, 5.74) is 4.89. The fourth-order valence-electron chi connectivity index (χ4n) is 3.54. The molecule has 1 aliphatic heterocycles. The monoisotopic (exact) mass is 380 g/mol. The second-order valence-corrected chi connectivity index (χ2v) is 8.60. The summed E-state index contributed by atoms with van der Waals surface area (Å²) in [6, 6.07) is 12.4. The van der Waals surface area contributed by atoms with Gasteiger partial charge < -0.3 is 9.88 Å². The molecule has 28 heavy (non-hydrogen) atoms. The molecular weight excluding hydrogens is 348 g/mol. The van der Waals surface area contributed by atoms with Crippen molar-refractivity contribution in [1.82, 2.24) is 9.88 Å². The van der Waals surface area contributed by atoms with E-state index >= 15 is 0 Å². The van der Waals surface area contributed by atoms with Crippen molar-refractivity contribution in [3.63, 3.8) is 0 Å². The highest BCUT2D eigenvalue weighted by Crippen LogP contribution is 2.27. The molecule has 4 nitrogen and oxygen atoms in total. The fourth-order valence-corrected chi connectivity index (χ4v) is 3.54. The predicted octanol–water partition coefficient (Wildman–Crippen LogP) is 4.67. The Labute approximate surface area is 168 Å². The van der Waals surface area contributed by atoms with Crippen LogP contribution in [0.5, 0.6) is 0 Å². The number of nitrogens with one attached hydrogen (secondary N) is 1. The lowest BCUT2D eigenvalue weighted by Crippen LogP contribution is -2.25. The Hall–Kier alpha value is -2.62. The van der Waals surface area contributed by atoms with Crippen LogP contribution >= 0.6 is 0 Å². The summed E-state index contributed by atoms with van der Waals surface area (Å²) < 4.78 is 0. The standard InChI is InChI=1S/C24H30N2O2.H2/c1-17-9-14-21(25-23(17)28)20(7-5-15-26-16-6-8-22(26)27)18-10-12-19(13-11-18)24(2,3)4;/h7,9-14H,5-6,8,15-16H2,1-4H3,(H,25,28);1H/b20-7+;. The molecule has 0 unspecified atom stereocenters. The first-order valence-electron chi connectivity index (χ1n) is 10.0. The van der Waals surface area contributed by atoms with Gasteiger partial charge in [-0.25, -0.2) is 0 Å². The molecule has 3 rings (SSSR count). The number of aromatic nitrogens is 1. The molecule has 1 fully saturated rings. The third-order valence-corrected chi connectivity index (χ3v) is 5.38. The predicted molar refractivity (Wildman–Crippen MR) is 117 cm³/mol. The van der Waals surface area contributed by atoms with Crippen molar-refractivity contribution in [3.05, 3.63) is 75.2 Å². The van der Waals surface area contributed by atoms with Crippen molar-refractivity contribution in [3.8, 4) is 0 Å². The lowest BCUT2D eigenvalue weighted by molar-refractivity contribution is -0.127. The van der Waals surface area contributed by atoms with Gasteiger partial charge in [0.15, 0.2) is 0 Å². The van der Waals surface area contributed by atoms with Gasteiger partial charge in [0.2, 0.25) is 5.91 Å². The summed E-state index contributed by atoms with van der Waals surface area (Å²) in [5.74, 6) is 0.244. The first-order valence-corrected chi connectivity index (χ1v) is 10.0. The van der Waals surface area contributed by atoms with Crippen molar-refractivity contribution in [2.45, 2.75) is 52.4 Å². The maximum absolute atomic E-state index is 12.2. The molecule has 1 aromatic carbocycles. The van der Waals surface area contributed by atoms with Crippen LogP contribution < -0.4 is 5.56 Å². The van der Waals surface area contributed by atoms with E-state index < -0.39 is 0 Å². The highest BCUT2D eigenvalue weighted by molar-refractivity contribution is 5.79. The summed E-state index contributed by atoms with van der Waals surface area (Å²) in [4.78, 5) is 28.9. The summed E-state index contributed by atoms with van der Waals surface area (Å²) in [6.07, 6.45) is 4.52. The molecule has 0 spiro atoms. The Morgan fingerprint density at radius 1 is 1.14 bits per heavy atom. The first-order chi connectivity index (χ1) is 13.3. The summed E-state index contributed by atoms with van der Waals surface area (Å²) in [7, 11) is 0. The molecular formula is C24H32N2O2. The van der Waals surface area contributed by atoms with Crippen LogP contribution in [0.3, 0.4) is 0 Å². The number of carbonyl (C=O) groups excluding carboxylic acids is 1. The van der Waals surface area contributed by atoms with Crippen molar-refractivity contribution < 1.29 is 6.22 Å². The molecule has 0 saturated carbocycles. The van der Waals surface area contributed by atoms with Gasteiger partial charge in [0.25, 0.3) is 5.56 Å². The number of aromatic amines is 1. The largest absolute Gasteiger partial charge is 0.342 e. The maximum atomic E-state index is 12.2. The third kappa shape index (κ3) is 4.61. The van der Waals surface area contributed by atoms with Crippen LogP contribution in [0.2, 0.25) is 0 Å². The highest BCUT2D eigenvalue weighted by atomic mass is 16.2. The quantitative estimate of drug-likeness (QED) is 0.819. The molecule has 2 heterocycles. The fraction of sp³-hybridized carbons (Fsp3) is 0.417. The van der Waals surface area contributed by atoms with E-state index in [0.717, 1.165) is 42.8 Å². The number of nitrogens with zero attached hydrogens (tertiary/aromatic N) is 1. The molecule has 0 atom stereocenters. The number of H-pyrrole nitrogens is 1. The number of amides is 1. The van der Waals surface area contributed by atoms with E-state index in [1.54, 1.807) is 0 Å². The van der Waals surface area contributed by atoms with Crippen LogP contribution in [0.1, 0.15) is 63.8 Å². The van der Waals surface area contributed by atoms with Gasteiger partial charge in [0, 0.05) is 37.8 Å².